The summed E-state index contributed by atoms with van der Waals surface area (Å²) < 4.78 is 0. The van der Waals surface area contributed by atoms with E-state index in [4.69, 9.17) is 5.11 Å². The summed E-state index contributed by atoms with van der Waals surface area (Å²) in [5, 5.41) is 17.7. The second-order valence-electron chi connectivity index (χ2n) is 3.69. The largest absolute Gasteiger partial charge is 0.481 e. The lowest BCUT2D eigenvalue weighted by molar-refractivity contribution is -0.136. The maximum Gasteiger partial charge on any atom is 0.303 e. The Kier molecular flexibility index (Phi) is 4.73. The topological polar surface area (TPSA) is 57.5 Å². The van der Waals surface area contributed by atoms with E-state index in [0.717, 1.165) is 16.7 Å². The van der Waals surface area contributed by atoms with Gasteiger partial charge in [0, 0.05) is 6.42 Å². The molecule has 0 unspecified atom stereocenters. The molecule has 0 bridgehead atoms. The van der Waals surface area contributed by atoms with E-state index in [0.29, 0.717) is 6.42 Å². The number of rotatable bonds is 5. The molecule has 0 aliphatic heterocycles. The van der Waals surface area contributed by atoms with Crippen LogP contribution >= 0.6 is 0 Å². The van der Waals surface area contributed by atoms with E-state index >= 15 is 0 Å². The fourth-order valence-corrected chi connectivity index (χ4v) is 1.41. The minimum atomic E-state index is -0.822. The first-order valence-electron chi connectivity index (χ1n) is 5.22. The molecule has 0 atom stereocenters. The highest BCUT2D eigenvalue weighted by molar-refractivity contribution is 5.69. The fourth-order valence-electron chi connectivity index (χ4n) is 1.41. The Morgan fingerprint density at radius 1 is 1.31 bits per heavy atom. The van der Waals surface area contributed by atoms with Gasteiger partial charge in [-0.15, -0.1) is 0 Å². The zero-order valence-corrected chi connectivity index (χ0v) is 9.31. The van der Waals surface area contributed by atoms with Crippen LogP contribution in [0.25, 0.3) is 5.57 Å². The highest BCUT2D eigenvalue weighted by Gasteiger charge is 2.00. The molecule has 0 saturated carbocycles. The van der Waals surface area contributed by atoms with Gasteiger partial charge in [-0.05, 0) is 24.5 Å². The molecule has 0 aliphatic rings. The van der Waals surface area contributed by atoms with Crippen LogP contribution in [0.4, 0.5) is 0 Å². The molecular weight excluding hydrogens is 204 g/mol. The molecule has 0 heterocycles. The number of hydrogen-bond donors (Lipinski definition) is 2. The first-order valence-corrected chi connectivity index (χ1v) is 5.22. The quantitative estimate of drug-likeness (QED) is 0.800. The average molecular weight is 220 g/mol. The van der Waals surface area contributed by atoms with Crippen molar-refractivity contribution in [2.24, 2.45) is 0 Å². The van der Waals surface area contributed by atoms with Gasteiger partial charge in [-0.25, -0.2) is 0 Å². The molecule has 0 radical (unpaired) electrons. The number of aliphatic hydroxyl groups excluding tert-OH is 1. The van der Waals surface area contributed by atoms with Crippen LogP contribution < -0.4 is 0 Å². The lowest BCUT2D eigenvalue weighted by Crippen LogP contribution is -1.95. The van der Waals surface area contributed by atoms with Crippen molar-refractivity contribution in [3.05, 3.63) is 41.5 Å². The molecule has 0 spiro atoms. The molecule has 1 aromatic rings. The van der Waals surface area contributed by atoms with Crippen LogP contribution in [0.3, 0.4) is 0 Å². The van der Waals surface area contributed by atoms with Gasteiger partial charge in [-0.1, -0.05) is 35.9 Å². The molecule has 0 aliphatic carbocycles. The van der Waals surface area contributed by atoms with Crippen LogP contribution in [0.1, 0.15) is 24.0 Å². The maximum atomic E-state index is 10.4. The number of hydrogen-bond acceptors (Lipinski definition) is 2. The smallest absolute Gasteiger partial charge is 0.303 e. The Labute approximate surface area is 95.0 Å². The number of carboxylic acid groups (broad SMARTS) is 1. The SMILES string of the molecule is Cc1ccc(/C(=C/CCC(=O)O)CO)cc1. The Bertz CT molecular complexity index is 377. The summed E-state index contributed by atoms with van der Waals surface area (Å²) in [6.07, 6.45) is 2.31. The van der Waals surface area contributed by atoms with Crippen LogP contribution in [0.15, 0.2) is 30.3 Å². The van der Waals surface area contributed by atoms with Gasteiger partial charge in [-0.3, -0.25) is 4.79 Å². The molecule has 1 rings (SSSR count). The molecule has 0 saturated heterocycles. The van der Waals surface area contributed by atoms with E-state index in [-0.39, 0.29) is 13.0 Å². The number of carbonyl (C=O) groups is 1. The van der Waals surface area contributed by atoms with Crippen molar-refractivity contribution in [2.45, 2.75) is 19.8 Å². The van der Waals surface area contributed by atoms with Gasteiger partial charge in [-0.2, -0.15) is 0 Å². The zero-order valence-electron chi connectivity index (χ0n) is 9.31. The van der Waals surface area contributed by atoms with Gasteiger partial charge in [0.05, 0.1) is 6.61 Å². The first kappa shape index (κ1) is 12.5. The van der Waals surface area contributed by atoms with Crippen LogP contribution in [0.2, 0.25) is 0 Å². The molecule has 0 fully saturated rings. The molecule has 2 N–H and O–H groups in total. The summed E-state index contributed by atoms with van der Waals surface area (Å²) in [5.74, 6) is -0.822. The van der Waals surface area contributed by atoms with E-state index in [9.17, 15) is 9.90 Å². The summed E-state index contributed by atoms with van der Waals surface area (Å²) in [6, 6.07) is 7.79. The summed E-state index contributed by atoms with van der Waals surface area (Å²) in [6.45, 7) is 1.93. The normalized spacial score (nSPS) is 11.5. The third-order valence-electron chi connectivity index (χ3n) is 2.34. The van der Waals surface area contributed by atoms with Crippen molar-refractivity contribution in [1.82, 2.24) is 0 Å². The van der Waals surface area contributed by atoms with Crippen molar-refractivity contribution in [3.8, 4) is 0 Å². The third-order valence-corrected chi connectivity index (χ3v) is 2.34. The van der Waals surface area contributed by atoms with Gasteiger partial charge >= 0.3 is 5.97 Å². The number of carboxylic acids is 1. The molecule has 0 amide bonds. The van der Waals surface area contributed by atoms with Gasteiger partial charge < -0.3 is 10.2 Å². The van der Waals surface area contributed by atoms with Gasteiger partial charge in [0.1, 0.15) is 0 Å². The van der Waals surface area contributed by atoms with Crippen molar-refractivity contribution in [3.63, 3.8) is 0 Å². The summed E-state index contributed by atoms with van der Waals surface area (Å²) in [7, 11) is 0. The highest BCUT2D eigenvalue weighted by atomic mass is 16.4. The number of aryl methyl sites for hydroxylation is 1. The molecule has 16 heavy (non-hydrogen) atoms. The van der Waals surface area contributed by atoms with Gasteiger partial charge in [0.25, 0.3) is 0 Å². The van der Waals surface area contributed by atoms with E-state index < -0.39 is 5.97 Å². The lowest BCUT2D eigenvalue weighted by Gasteiger charge is -2.04. The van der Waals surface area contributed by atoms with Crippen molar-refractivity contribution >= 4 is 11.5 Å². The molecule has 3 nitrogen and oxygen atoms in total. The van der Waals surface area contributed by atoms with Crippen LogP contribution in [0, 0.1) is 6.92 Å². The molecule has 1 aromatic carbocycles. The van der Waals surface area contributed by atoms with Crippen molar-refractivity contribution in [2.75, 3.05) is 6.61 Å². The second kappa shape index (κ2) is 6.08. The maximum absolute atomic E-state index is 10.4. The Hall–Kier alpha value is -1.61. The van der Waals surface area contributed by atoms with E-state index in [1.165, 1.54) is 0 Å². The van der Waals surface area contributed by atoms with Crippen molar-refractivity contribution < 1.29 is 15.0 Å². The first-order chi connectivity index (χ1) is 7.63. The number of aliphatic carboxylic acids is 1. The predicted molar refractivity (Wildman–Crippen MR) is 63.1 cm³/mol. The monoisotopic (exact) mass is 220 g/mol. The Morgan fingerprint density at radius 2 is 1.94 bits per heavy atom. The van der Waals surface area contributed by atoms with Crippen molar-refractivity contribution in [1.29, 1.82) is 0 Å². The van der Waals surface area contributed by atoms with Crippen LogP contribution in [-0.2, 0) is 4.79 Å². The average Bonchev–Trinajstić information content (AvgIpc) is 2.26. The van der Waals surface area contributed by atoms with E-state index in [2.05, 4.69) is 0 Å². The Morgan fingerprint density at radius 3 is 2.44 bits per heavy atom. The number of allylic oxidation sites excluding steroid dienone is 1. The minimum absolute atomic E-state index is 0.0668. The standard InChI is InChI=1S/C13H16O3/c1-10-5-7-11(8-6-10)12(9-14)3-2-4-13(15)16/h3,5-8,14H,2,4,9H2,1H3,(H,15,16)/b12-3+. The van der Waals surface area contributed by atoms with Crippen LogP contribution in [-0.4, -0.2) is 22.8 Å². The van der Waals surface area contributed by atoms with Crippen LogP contribution in [0.5, 0.6) is 0 Å². The Balaban J connectivity index is 2.73. The molecule has 3 heteroatoms. The predicted octanol–water partition coefficient (Wildman–Crippen LogP) is 2.24. The van der Waals surface area contributed by atoms with Gasteiger partial charge in [0.2, 0.25) is 0 Å². The summed E-state index contributed by atoms with van der Waals surface area (Å²) in [4.78, 5) is 10.4. The van der Waals surface area contributed by atoms with E-state index in [1.807, 2.05) is 31.2 Å². The van der Waals surface area contributed by atoms with E-state index in [1.54, 1.807) is 6.08 Å². The molecule has 86 valence electrons. The molecular formula is C13H16O3. The fraction of sp³-hybridized carbons (Fsp3) is 0.308. The highest BCUT2D eigenvalue weighted by Crippen LogP contribution is 2.15. The number of aliphatic hydroxyl groups is 1. The summed E-state index contributed by atoms with van der Waals surface area (Å²) in [5.41, 5.74) is 2.88. The zero-order chi connectivity index (χ0) is 12.0. The van der Waals surface area contributed by atoms with Gasteiger partial charge in [0.15, 0.2) is 0 Å². The third kappa shape index (κ3) is 3.87. The number of benzene rings is 1. The minimum Gasteiger partial charge on any atom is -0.481 e. The second-order valence-corrected chi connectivity index (χ2v) is 3.69. The summed E-state index contributed by atoms with van der Waals surface area (Å²) >= 11 is 0. The molecule has 0 aromatic heterocycles. The lowest BCUT2D eigenvalue weighted by atomic mass is 10.0.